The molecule has 1 rings (SSSR count). The summed E-state index contributed by atoms with van der Waals surface area (Å²) in [5.41, 5.74) is 10.7. The molecule has 4 nitrogen and oxygen atoms in total. The third kappa shape index (κ3) is 3.40. The SMILES string of the molecule is C=NN/C(C#Cc1cc(C#N)ccc1C)=C\N. The van der Waals surface area contributed by atoms with Crippen molar-refractivity contribution in [3.63, 3.8) is 0 Å². The second kappa shape index (κ2) is 5.99. The molecule has 1 aromatic carbocycles. The van der Waals surface area contributed by atoms with E-state index < -0.39 is 0 Å². The summed E-state index contributed by atoms with van der Waals surface area (Å²) in [4.78, 5) is 0. The molecule has 0 fully saturated rings. The summed E-state index contributed by atoms with van der Waals surface area (Å²) in [7, 11) is 0. The van der Waals surface area contributed by atoms with Gasteiger partial charge in [0.15, 0.2) is 0 Å². The van der Waals surface area contributed by atoms with E-state index in [0.717, 1.165) is 11.1 Å². The van der Waals surface area contributed by atoms with Gasteiger partial charge in [-0.3, -0.25) is 5.43 Å². The van der Waals surface area contributed by atoms with Crippen LogP contribution in [0, 0.1) is 30.1 Å². The van der Waals surface area contributed by atoms with Gasteiger partial charge in [-0.15, -0.1) is 0 Å². The Labute approximate surface area is 100 Å². The lowest BCUT2D eigenvalue weighted by Crippen LogP contribution is -2.04. The molecule has 84 valence electrons. The fourth-order valence-corrected chi connectivity index (χ4v) is 1.15. The summed E-state index contributed by atoms with van der Waals surface area (Å²) in [5, 5.41) is 12.3. The van der Waals surface area contributed by atoms with Gasteiger partial charge in [0.2, 0.25) is 0 Å². The zero-order valence-electron chi connectivity index (χ0n) is 9.49. The average molecular weight is 224 g/mol. The molecule has 0 radical (unpaired) electrons. The van der Waals surface area contributed by atoms with Crippen molar-refractivity contribution in [2.75, 3.05) is 0 Å². The van der Waals surface area contributed by atoms with Crippen LogP contribution in [0.25, 0.3) is 0 Å². The first-order chi connectivity index (χ1) is 8.21. The summed E-state index contributed by atoms with van der Waals surface area (Å²) in [6.07, 6.45) is 1.31. The van der Waals surface area contributed by atoms with Gasteiger partial charge in [0.25, 0.3) is 0 Å². The van der Waals surface area contributed by atoms with E-state index in [2.05, 4.69) is 35.2 Å². The van der Waals surface area contributed by atoms with Gasteiger partial charge in [0.05, 0.1) is 11.6 Å². The zero-order chi connectivity index (χ0) is 12.7. The molecule has 3 N–H and O–H groups in total. The number of aryl methyl sites for hydroxylation is 1. The highest BCUT2D eigenvalue weighted by Crippen LogP contribution is 2.09. The summed E-state index contributed by atoms with van der Waals surface area (Å²) in [6, 6.07) is 7.41. The van der Waals surface area contributed by atoms with Gasteiger partial charge in [0.1, 0.15) is 5.70 Å². The predicted octanol–water partition coefficient (Wildman–Crippen LogP) is 1.22. The molecular formula is C13H12N4. The molecule has 4 heteroatoms. The standard InChI is InChI=1S/C13H12N4/c1-10-3-4-11(8-14)7-12(10)5-6-13(9-15)17-16-2/h3-4,7,9,17H,2,15H2,1H3/b13-9-. The van der Waals surface area contributed by atoms with Crippen molar-refractivity contribution >= 4 is 6.72 Å². The summed E-state index contributed by atoms with van der Waals surface area (Å²) < 4.78 is 0. The fraction of sp³-hybridized carbons (Fsp3) is 0.0769. The topological polar surface area (TPSA) is 74.2 Å². The van der Waals surface area contributed by atoms with Crippen LogP contribution >= 0.6 is 0 Å². The molecule has 0 atom stereocenters. The van der Waals surface area contributed by atoms with E-state index in [0.29, 0.717) is 11.3 Å². The van der Waals surface area contributed by atoms with E-state index in [-0.39, 0.29) is 0 Å². The Bertz CT molecular complexity index is 553. The first kappa shape index (κ1) is 12.4. The number of nitrogens with one attached hydrogen (secondary N) is 1. The Morgan fingerprint density at radius 2 is 2.35 bits per heavy atom. The van der Waals surface area contributed by atoms with Gasteiger partial charge in [0, 0.05) is 18.5 Å². The van der Waals surface area contributed by atoms with Gasteiger partial charge < -0.3 is 5.73 Å². The molecular weight excluding hydrogens is 212 g/mol. The maximum atomic E-state index is 8.80. The van der Waals surface area contributed by atoms with Gasteiger partial charge in [-0.1, -0.05) is 12.0 Å². The van der Waals surface area contributed by atoms with E-state index in [1.165, 1.54) is 6.20 Å². The summed E-state index contributed by atoms with van der Waals surface area (Å²) in [6.45, 7) is 5.21. The highest BCUT2D eigenvalue weighted by Gasteiger charge is 1.97. The monoisotopic (exact) mass is 224 g/mol. The van der Waals surface area contributed by atoms with E-state index >= 15 is 0 Å². The number of nitrogens with zero attached hydrogens (tertiary/aromatic N) is 2. The number of nitriles is 1. The molecule has 17 heavy (non-hydrogen) atoms. The highest BCUT2D eigenvalue weighted by molar-refractivity contribution is 5.48. The lowest BCUT2D eigenvalue weighted by Gasteiger charge is -1.98. The van der Waals surface area contributed by atoms with Crippen molar-refractivity contribution in [3.05, 3.63) is 46.8 Å². The zero-order valence-corrected chi connectivity index (χ0v) is 9.49. The van der Waals surface area contributed by atoms with Gasteiger partial charge in [-0.25, -0.2) is 0 Å². The van der Waals surface area contributed by atoms with Crippen LogP contribution in [0.5, 0.6) is 0 Å². The molecule has 0 aliphatic heterocycles. The fourth-order valence-electron chi connectivity index (χ4n) is 1.15. The molecule has 0 aromatic heterocycles. The average Bonchev–Trinajstić information content (AvgIpc) is 2.36. The van der Waals surface area contributed by atoms with Crippen molar-refractivity contribution in [2.24, 2.45) is 10.8 Å². The molecule has 0 saturated carbocycles. The Morgan fingerprint density at radius 1 is 1.59 bits per heavy atom. The van der Waals surface area contributed by atoms with Crippen LogP contribution in [-0.2, 0) is 0 Å². The smallest absolute Gasteiger partial charge is 0.122 e. The number of rotatable bonds is 2. The van der Waals surface area contributed by atoms with Crippen LogP contribution in [0.15, 0.2) is 35.2 Å². The van der Waals surface area contributed by atoms with Crippen LogP contribution in [0.4, 0.5) is 0 Å². The molecule has 0 unspecified atom stereocenters. The van der Waals surface area contributed by atoms with Crippen LogP contribution in [0.1, 0.15) is 16.7 Å². The summed E-state index contributed by atoms with van der Waals surface area (Å²) in [5.74, 6) is 5.73. The highest BCUT2D eigenvalue weighted by atomic mass is 15.3. The molecule has 0 bridgehead atoms. The van der Waals surface area contributed by atoms with Crippen molar-refractivity contribution in [3.8, 4) is 17.9 Å². The Balaban J connectivity index is 3.07. The predicted molar refractivity (Wildman–Crippen MR) is 67.7 cm³/mol. The normalized spacial score (nSPS) is 9.76. The minimum absolute atomic E-state index is 0.460. The molecule has 0 heterocycles. The van der Waals surface area contributed by atoms with Crippen LogP contribution in [0.3, 0.4) is 0 Å². The maximum Gasteiger partial charge on any atom is 0.122 e. The third-order valence-corrected chi connectivity index (χ3v) is 2.06. The number of allylic oxidation sites excluding steroid dienone is 1. The molecule has 0 spiro atoms. The minimum Gasteiger partial charge on any atom is -0.402 e. The van der Waals surface area contributed by atoms with Crippen molar-refractivity contribution < 1.29 is 0 Å². The molecule has 1 aromatic rings. The maximum absolute atomic E-state index is 8.80. The second-order valence-corrected chi connectivity index (χ2v) is 3.24. The number of hydrazone groups is 1. The lowest BCUT2D eigenvalue weighted by atomic mass is 10.1. The first-order valence-electron chi connectivity index (χ1n) is 4.87. The number of hydrogen-bond acceptors (Lipinski definition) is 4. The molecule has 0 saturated heterocycles. The number of benzene rings is 1. The van der Waals surface area contributed by atoms with Gasteiger partial charge >= 0.3 is 0 Å². The Morgan fingerprint density at radius 3 is 2.94 bits per heavy atom. The first-order valence-corrected chi connectivity index (χ1v) is 4.87. The van der Waals surface area contributed by atoms with Gasteiger partial charge in [-0.2, -0.15) is 10.4 Å². The minimum atomic E-state index is 0.460. The quantitative estimate of drug-likeness (QED) is 0.450. The number of nitrogens with two attached hydrogens (primary N) is 1. The molecule has 0 amide bonds. The lowest BCUT2D eigenvalue weighted by molar-refractivity contribution is 0.933. The van der Waals surface area contributed by atoms with Crippen LogP contribution in [-0.4, -0.2) is 6.72 Å². The van der Waals surface area contributed by atoms with E-state index in [4.69, 9.17) is 11.0 Å². The van der Waals surface area contributed by atoms with E-state index in [9.17, 15) is 0 Å². The van der Waals surface area contributed by atoms with Gasteiger partial charge in [-0.05, 0) is 30.5 Å². The summed E-state index contributed by atoms with van der Waals surface area (Å²) >= 11 is 0. The van der Waals surface area contributed by atoms with Crippen molar-refractivity contribution in [1.82, 2.24) is 5.43 Å². The van der Waals surface area contributed by atoms with Crippen LogP contribution in [0.2, 0.25) is 0 Å². The van der Waals surface area contributed by atoms with Crippen molar-refractivity contribution in [2.45, 2.75) is 6.92 Å². The Hall–Kier alpha value is -2.72. The largest absolute Gasteiger partial charge is 0.402 e. The third-order valence-electron chi connectivity index (χ3n) is 2.06. The Kier molecular flexibility index (Phi) is 4.35. The second-order valence-electron chi connectivity index (χ2n) is 3.24. The number of hydrogen-bond donors (Lipinski definition) is 2. The van der Waals surface area contributed by atoms with E-state index in [1.807, 2.05) is 13.0 Å². The van der Waals surface area contributed by atoms with E-state index in [1.54, 1.807) is 12.1 Å². The van der Waals surface area contributed by atoms with Crippen molar-refractivity contribution in [1.29, 1.82) is 5.26 Å². The molecule has 0 aliphatic carbocycles. The van der Waals surface area contributed by atoms with Crippen LogP contribution < -0.4 is 11.2 Å². The molecule has 0 aliphatic rings.